The van der Waals surface area contributed by atoms with Gasteiger partial charge in [-0.1, -0.05) is 0 Å². The normalized spacial score (nSPS) is 12.2. The molecule has 2 aromatic rings. The van der Waals surface area contributed by atoms with E-state index in [2.05, 4.69) is 15.4 Å². The molecule has 1 atom stereocenters. The number of aromatic nitrogens is 4. The van der Waals surface area contributed by atoms with E-state index in [0.717, 1.165) is 29.2 Å². The van der Waals surface area contributed by atoms with Crippen LogP contribution in [0.5, 0.6) is 0 Å². The standard InChI is InChI=1S/C17H25N5O2/c1-7-22-14(6)16(13(5)20-22)12(4)19-15(23)9-21-11(3)8-10(2)18-17(21)24/h8,12H,7,9H2,1-6H3,(H,19,23)/t12-/m0/s1. The largest absolute Gasteiger partial charge is 0.348 e. The second kappa shape index (κ2) is 6.98. The maximum absolute atomic E-state index is 12.4. The maximum atomic E-state index is 12.4. The zero-order chi connectivity index (χ0) is 18.0. The molecule has 7 nitrogen and oxygen atoms in total. The minimum atomic E-state index is -0.401. The summed E-state index contributed by atoms with van der Waals surface area (Å²) in [5, 5.41) is 7.43. The Hall–Kier alpha value is -2.44. The number of aryl methyl sites for hydroxylation is 4. The average molecular weight is 331 g/mol. The summed E-state index contributed by atoms with van der Waals surface area (Å²) in [6, 6.07) is 1.62. The molecule has 1 amide bonds. The lowest BCUT2D eigenvalue weighted by Gasteiger charge is -2.16. The molecule has 0 fully saturated rings. The zero-order valence-corrected chi connectivity index (χ0v) is 15.2. The minimum Gasteiger partial charge on any atom is -0.348 e. The van der Waals surface area contributed by atoms with Crippen LogP contribution < -0.4 is 11.0 Å². The van der Waals surface area contributed by atoms with E-state index in [-0.39, 0.29) is 18.5 Å². The average Bonchev–Trinajstić information content (AvgIpc) is 2.77. The second-order valence-electron chi connectivity index (χ2n) is 6.10. The molecule has 0 aliphatic carbocycles. The molecule has 7 heteroatoms. The zero-order valence-electron chi connectivity index (χ0n) is 15.2. The third-order valence-electron chi connectivity index (χ3n) is 4.20. The first-order chi connectivity index (χ1) is 11.2. The van der Waals surface area contributed by atoms with Crippen molar-refractivity contribution in [1.29, 1.82) is 0 Å². The first kappa shape index (κ1) is 17.9. The van der Waals surface area contributed by atoms with Gasteiger partial charge in [-0.15, -0.1) is 0 Å². The van der Waals surface area contributed by atoms with Crippen molar-refractivity contribution in [3.05, 3.63) is 44.9 Å². The van der Waals surface area contributed by atoms with E-state index in [9.17, 15) is 9.59 Å². The van der Waals surface area contributed by atoms with Crippen molar-refractivity contribution in [1.82, 2.24) is 24.6 Å². The van der Waals surface area contributed by atoms with Crippen LogP contribution in [0.25, 0.3) is 0 Å². The van der Waals surface area contributed by atoms with Crippen molar-refractivity contribution >= 4 is 5.91 Å². The maximum Gasteiger partial charge on any atom is 0.348 e. The SMILES string of the molecule is CCn1nc(C)c([C@H](C)NC(=O)Cn2c(C)cc(C)nc2=O)c1C. The van der Waals surface area contributed by atoms with Crippen molar-refractivity contribution < 1.29 is 4.79 Å². The molecular weight excluding hydrogens is 306 g/mol. The van der Waals surface area contributed by atoms with E-state index < -0.39 is 5.69 Å². The van der Waals surface area contributed by atoms with Gasteiger partial charge in [0.25, 0.3) is 0 Å². The van der Waals surface area contributed by atoms with Crippen LogP contribution in [0.1, 0.15) is 48.2 Å². The Morgan fingerprint density at radius 3 is 2.50 bits per heavy atom. The monoisotopic (exact) mass is 331 g/mol. The Bertz CT molecular complexity index is 819. The van der Waals surface area contributed by atoms with Crippen LogP contribution in [-0.2, 0) is 17.9 Å². The van der Waals surface area contributed by atoms with E-state index in [4.69, 9.17) is 0 Å². The Balaban J connectivity index is 2.16. The fraction of sp³-hybridized carbons (Fsp3) is 0.529. The summed E-state index contributed by atoms with van der Waals surface area (Å²) in [6.45, 7) is 12.2. The first-order valence-corrected chi connectivity index (χ1v) is 8.13. The molecule has 0 spiro atoms. The predicted molar refractivity (Wildman–Crippen MR) is 91.9 cm³/mol. The summed E-state index contributed by atoms with van der Waals surface area (Å²) in [6.07, 6.45) is 0. The van der Waals surface area contributed by atoms with Crippen LogP contribution in [0.15, 0.2) is 10.9 Å². The predicted octanol–water partition coefficient (Wildman–Crippen LogP) is 1.57. The molecule has 24 heavy (non-hydrogen) atoms. The van der Waals surface area contributed by atoms with Crippen molar-refractivity contribution in [2.75, 3.05) is 0 Å². The van der Waals surface area contributed by atoms with Gasteiger partial charge in [0.1, 0.15) is 6.54 Å². The molecule has 0 aliphatic rings. The lowest BCUT2D eigenvalue weighted by Crippen LogP contribution is -2.36. The van der Waals surface area contributed by atoms with E-state index in [1.807, 2.05) is 32.4 Å². The molecular formula is C17H25N5O2. The highest BCUT2D eigenvalue weighted by molar-refractivity contribution is 5.76. The van der Waals surface area contributed by atoms with Gasteiger partial charge in [0.2, 0.25) is 5.91 Å². The lowest BCUT2D eigenvalue weighted by atomic mass is 10.1. The molecule has 0 saturated carbocycles. The molecule has 0 aromatic carbocycles. The highest BCUT2D eigenvalue weighted by Crippen LogP contribution is 2.21. The number of carbonyl (C=O) groups is 1. The van der Waals surface area contributed by atoms with Crippen LogP contribution >= 0.6 is 0 Å². The molecule has 2 aromatic heterocycles. The molecule has 0 bridgehead atoms. The van der Waals surface area contributed by atoms with E-state index in [1.165, 1.54) is 4.57 Å². The molecule has 130 valence electrons. The number of rotatable bonds is 5. The van der Waals surface area contributed by atoms with Gasteiger partial charge in [-0.3, -0.25) is 14.0 Å². The van der Waals surface area contributed by atoms with Gasteiger partial charge in [0.15, 0.2) is 0 Å². The summed E-state index contributed by atoms with van der Waals surface area (Å²) < 4.78 is 3.30. The van der Waals surface area contributed by atoms with E-state index in [0.29, 0.717) is 5.69 Å². The van der Waals surface area contributed by atoms with E-state index >= 15 is 0 Å². The summed E-state index contributed by atoms with van der Waals surface area (Å²) >= 11 is 0. The van der Waals surface area contributed by atoms with Gasteiger partial charge >= 0.3 is 5.69 Å². The topological polar surface area (TPSA) is 81.8 Å². The van der Waals surface area contributed by atoms with Gasteiger partial charge in [-0.05, 0) is 47.6 Å². The minimum absolute atomic E-state index is 0.0394. The summed E-state index contributed by atoms with van der Waals surface area (Å²) in [5.41, 5.74) is 3.96. The molecule has 2 heterocycles. The second-order valence-corrected chi connectivity index (χ2v) is 6.10. The number of carbonyl (C=O) groups excluding carboxylic acids is 1. The van der Waals surface area contributed by atoms with Gasteiger partial charge in [-0.25, -0.2) is 4.79 Å². The third-order valence-corrected chi connectivity index (χ3v) is 4.20. The number of hydrogen-bond acceptors (Lipinski definition) is 4. The Morgan fingerprint density at radius 2 is 1.96 bits per heavy atom. The van der Waals surface area contributed by atoms with Gasteiger partial charge < -0.3 is 5.32 Å². The first-order valence-electron chi connectivity index (χ1n) is 8.13. The quantitative estimate of drug-likeness (QED) is 0.901. The Kier molecular flexibility index (Phi) is 5.21. The number of nitrogens with zero attached hydrogens (tertiary/aromatic N) is 4. The summed E-state index contributed by atoms with van der Waals surface area (Å²) in [7, 11) is 0. The molecule has 2 rings (SSSR count). The summed E-state index contributed by atoms with van der Waals surface area (Å²) in [4.78, 5) is 28.2. The lowest BCUT2D eigenvalue weighted by molar-refractivity contribution is -0.122. The fourth-order valence-electron chi connectivity index (χ4n) is 3.12. The summed E-state index contributed by atoms with van der Waals surface area (Å²) in [5.74, 6) is -0.221. The van der Waals surface area contributed by atoms with Gasteiger partial charge in [0, 0.05) is 29.2 Å². The van der Waals surface area contributed by atoms with Crippen molar-refractivity contribution in [3.8, 4) is 0 Å². The number of hydrogen-bond donors (Lipinski definition) is 1. The molecule has 1 N–H and O–H groups in total. The van der Waals surface area contributed by atoms with Crippen LogP contribution in [0.4, 0.5) is 0 Å². The highest BCUT2D eigenvalue weighted by Gasteiger charge is 2.19. The molecule has 0 saturated heterocycles. The van der Waals surface area contributed by atoms with Crippen molar-refractivity contribution in [2.24, 2.45) is 0 Å². The molecule has 0 radical (unpaired) electrons. The highest BCUT2D eigenvalue weighted by atomic mass is 16.2. The van der Waals surface area contributed by atoms with E-state index in [1.54, 1.807) is 19.9 Å². The number of nitrogens with one attached hydrogen (secondary N) is 1. The van der Waals surface area contributed by atoms with Crippen molar-refractivity contribution in [2.45, 2.75) is 60.7 Å². The van der Waals surface area contributed by atoms with Crippen LogP contribution in [0, 0.1) is 27.7 Å². The van der Waals surface area contributed by atoms with Crippen molar-refractivity contribution in [3.63, 3.8) is 0 Å². The fourth-order valence-corrected chi connectivity index (χ4v) is 3.12. The van der Waals surface area contributed by atoms with Gasteiger partial charge in [0.05, 0.1) is 11.7 Å². The molecule has 0 unspecified atom stereocenters. The van der Waals surface area contributed by atoms with Crippen LogP contribution in [0.2, 0.25) is 0 Å². The Labute approximate surface area is 141 Å². The van der Waals surface area contributed by atoms with Gasteiger partial charge in [-0.2, -0.15) is 10.1 Å². The van der Waals surface area contributed by atoms with Crippen LogP contribution in [-0.4, -0.2) is 25.2 Å². The van der Waals surface area contributed by atoms with Crippen LogP contribution in [0.3, 0.4) is 0 Å². The molecule has 0 aliphatic heterocycles. The third kappa shape index (κ3) is 3.55. The smallest absolute Gasteiger partial charge is 0.348 e. The number of amides is 1. The Morgan fingerprint density at radius 1 is 1.29 bits per heavy atom.